The van der Waals surface area contributed by atoms with Crippen LogP contribution in [0.3, 0.4) is 0 Å². The lowest BCUT2D eigenvalue weighted by Crippen LogP contribution is -2.56. The smallest absolute Gasteiger partial charge is 0.237 e. The van der Waals surface area contributed by atoms with Crippen molar-refractivity contribution in [1.82, 2.24) is 20.5 Å². The predicted molar refractivity (Wildman–Crippen MR) is 107 cm³/mol. The molecule has 3 rings (SSSR count). The van der Waals surface area contributed by atoms with Gasteiger partial charge in [0.15, 0.2) is 0 Å². The number of hydrogen-bond acceptors (Lipinski definition) is 6. The molecule has 1 aliphatic rings. The van der Waals surface area contributed by atoms with E-state index in [9.17, 15) is 9.59 Å². The maximum atomic E-state index is 12.5. The van der Waals surface area contributed by atoms with E-state index in [0.29, 0.717) is 37.7 Å². The third-order valence-electron chi connectivity index (χ3n) is 4.88. The van der Waals surface area contributed by atoms with E-state index in [2.05, 4.69) is 15.6 Å². The number of carbonyl (C=O) groups is 2. The molecule has 1 aromatic heterocycles. The number of rotatable bonds is 8. The Morgan fingerprint density at radius 3 is 2.86 bits per heavy atom. The van der Waals surface area contributed by atoms with Crippen LogP contribution in [0.15, 0.2) is 42.6 Å². The van der Waals surface area contributed by atoms with Crippen LogP contribution in [0.5, 0.6) is 11.5 Å². The molecule has 0 spiro atoms. The van der Waals surface area contributed by atoms with Crippen molar-refractivity contribution in [3.05, 3.63) is 53.9 Å². The van der Waals surface area contributed by atoms with E-state index in [0.717, 1.165) is 11.3 Å². The molecule has 1 aliphatic heterocycles. The summed E-state index contributed by atoms with van der Waals surface area (Å²) in [6, 6.07) is 10.6. The third-order valence-corrected chi connectivity index (χ3v) is 4.88. The van der Waals surface area contributed by atoms with Crippen molar-refractivity contribution < 1.29 is 19.1 Å². The summed E-state index contributed by atoms with van der Waals surface area (Å²) < 4.78 is 10.7. The minimum atomic E-state index is -0.542. The van der Waals surface area contributed by atoms with E-state index >= 15 is 0 Å². The fraction of sp³-hybridized carbons (Fsp3) is 0.381. The number of nitrogens with zero attached hydrogens (tertiary/aromatic N) is 2. The molecular weight excluding hydrogens is 372 g/mol. The molecule has 0 aliphatic carbocycles. The van der Waals surface area contributed by atoms with Crippen molar-refractivity contribution in [2.24, 2.45) is 0 Å². The second kappa shape index (κ2) is 9.88. The predicted octanol–water partition coefficient (Wildman–Crippen LogP) is 1.11. The zero-order chi connectivity index (χ0) is 20.6. The summed E-state index contributed by atoms with van der Waals surface area (Å²) >= 11 is 0. The number of amides is 2. The summed E-state index contributed by atoms with van der Waals surface area (Å²) in [7, 11) is 3.20. The van der Waals surface area contributed by atoms with Gasteiger partial charge in [-0.15, -0.1) is 0 Å². The highest BCUT2D eigenvalue weighted by molar-refractivity contribution is 5.88. The van der Waals surface area contributed by atoms with Crippen LogP contribution in [0.1, 0.15) is 17.7 Å². The molecule has 154 valence electrons. The van der Waals surface area contributed by atoms with Crippen molar-refractivity contribution in [1.29, 1.82) is 0 Å². The first-order valence-corrected chi connectivity index (χ1v) is 9.50. The molecule has 1 fully saturated rings. The van der Waals surface area contributed by atoms with E-state index in [4.69, 9.17) is 9.47 Å². The van der Waals surface area contributed by atoms with E-state index in [1.807, 2.05) is 41.3 Å². The minimum Gasteiger partial charge on any atom is -0.497 e. The quantitative estimate of drug-likeness (QED) is 0.692. The normalized spacial score (nSPS) is 16.8. The van der Waals surface area contributed by atoms with Gasteiger partial charge in [-0.05, 0) is 18.2 Å². The largest absolute Gasteiger partial charge is 0.497 e. The van der Waals surface area contributed by atoms with E-state index in [1.54, 1.807) is 20.4 Å². The molecular formula is C21H26N4O4. The summed E-state index contributed by atoms with van der Waals surface area (Å²) in [5.74, 6) is 1.06. The van der Waals surface area contributed by atoms with Crippen LogP contribution in [-0.4, -0.2) is 55.0 Å². The Morgan fingerprint density at radius 1 is 1.28 bits per heavy atom. The first kappa shape index (κ1) is 20.6. The zero-order valence-electron chi connectivity index (χ0n) is 16.7. The van der Waals surface area contributed by atoms with Gasteiger partial charge in [0.05, 0.1) is 38.9 Å². The molecule has 8 nitrogen and oxygen atoms in total. The van der Waals surface area contributed by atoms with Gasteiger partial charge in [-0.25, -0.2) is 0 Å². The average molecular weight is 398 g/mol. The second-order valence-electron chi connectivity index (χ2n) is 6.76. The van der Waals surface area contributed by atoms with Gasteiger partial charge in [-0.3, -0.25) is 19.5 Å². The molecule has 2 N–H and O–H groups in total. The standard InChI is InChI=1S/C21H26N4O4/c1-28-17-7-6-15(19(11-17)29-2)14-25-10-9-23-21(27)18(25)12-20(26)24-13-16-5-3-4-8-22-16/h3-8,11,18H,9-10,12-14H2,1-2H3,(H,23,27)(H,24,26). The number of methoxy groups -OCH3 is 2. The van der Waals surface area contributed by atoms with E-state index in [-0.39, 0.29) is 18.2 Å². The molecule has 2 heterocycles. The maximum Gasteiger partial charge on any atom is 0.237 e. The molecule has 2 aromatic rings. The number of hydrogen-bond donors (Lipinski definition) is 2. The number of pyridine rings is 1. The Hall–Kier alpha value is -3.13. The SMILES string of the molecule is COc1ccc(CN2CCNC(=O)C2CC(=O)NCc2ccccn2)c(OC)c1. The lowest BCUT2D eigenvalue weighted by molar-refractivity contribution is -0.134. The Balaban J connectivity index is 1.66. The lowest BCUT2D eigenvalue weighted by Gasteiger charge is -2.35. The number of nitrogens with one attached hydrogen (secondary N) is 2. The van der Waals surface area contributed by atoms with Crippen LogP contribution in [0.4, 0.5) is 0 Å². The summed E-state index contributed by atoms with van der Waals surface area (Å²) in [6.07, 6.45) is 1.76. The van der Waals surface area contributed by atoms with Gasteiger partial charge in [-0.1, -0.05) is 12.1 Å². The third kappa shape index (κ3) is 5.45. The van der Waals surface area contributed by atoms with E-state index in [1.165, 1.54) is 0 Å². The molecule has 1 aromatic carbocycles. The minimum absolute atomic E-state index is 0.0805. The number of piperazine rings is 1. The molecule has 0 radical (unpaired) electrons. The van der Waals surface area contributed by atoms with Crippen molar-refractivity contribution in [2.75, 3.05) is 27.3 Å². The van der Waals surface area contributed by atoms with Gasteiger partial charge in [0.25, 0.3) is 0 Å². The summed E-state index contributed by atoms with van der Waals surface area (Å²) in [5.41, 5.74) is 1.70. The van der Waals surface area contributed by atoms with Crippen LogP contribution in [-0.2, 0) is 22.7 Å². The average Bonchev–Trinajstić information content (AvgIpc) is 2.75. The second-order valence-corrected chi connectivity index (χ2v) is 6.76. The summed E-state index contributed by atoms with van der Waals surface area (Å²) in [5, 5.41) is 5.69. The summed E-state index contributed by atoms with van der Waals surface area (Å²) in [4.78, 5) is 31.1. The number of benzene rings is 1. The van der Waals surface area contributed by atoms with Crippen LogP contribution < -0.4 is 20.1 Å². The van der Waals surface area contributed by atoms with Crippen molar-refractivity contribution in [2.45, 2.75) is 25.6 Å². The summed E-state index contributed by atoms with van der Waals surface area (Å²) in [6.45, 7) is 2.03. The Bertz CT molecular complexity index is 844. The lowest BCUT2D eigenvalue weighted by atomic mass is 10.1. The molecule has 0 bridgehead atoms. The monoisotopic (exact) mass is 398 g/mol. The Kier molecular flexibility index (Phi) is 7.02. The van der Waals surface area contributed by atoms with Gasteiger partial charge in [0.2, 0.25) is 11.8 Å². The molecule has 2 amide bonds. The van der Waals surface area contributed by atoms with Crippen LogP contribution >= 0.6 is 0 Å². The van der Waals surface area contributed by atoms with Crippen molar-refractivity contribution in [3.8, 4) is 11.5 Å². The van der Waals surface area contributed by atoms with Crippen LogP contribution in [0.2, 0.25) is 0 Å². The highest BCUT2D eigenvalue weighted by Gasteiger charge is 2.32. The fourth-order valence-corrected chi connectivity index (χ4v) is 3.31. The Morgan fingerprint density at radius 2 is 2.14 bits per heavy atom. The van der Waals surface area contributed by atoms with Gasteiger partial charge in [0, 0.05) is 37.5 Å². The molecule has 1 saturated heterocycles. The number of carbonyl (C=O) groups excluding carboxylic acids is 2. The first-order valence-electron chi connectivity index (χ1n) is 9.50. The van der Waals surface area contributed by atoms with Gasteiger partial charge in [0.1, 0.15) is 11.5 Å². The molecule has 29 heavy (non-hydrogen) atoms. The zero-order valence-corrected chi connectivity index (χ0v) is 16.7. The molecule has 0 saturated carbocycles. The molecule has 8 heteroatoms. The molecule has 1 unspecified atom stereocenters. The number of aromatic nitrogens is 1. The van der Waals surface area contributed by atoms with Gasteiger partial charge in [-0.2, -0.15) is 0 Å². The van der Waals surface area contributed by atoms with Crippen molar-refractivity contribution in [3.63, 3.8) is 0 Å². The van der Waals surface area contributed by atoms with Crippen LogP contribution in [0, 0.1) is 0 Å². The number of ether oxygens (including phenoxy) is 2. The maximum absolute atomic E-state index is 12.5. The molecule has 1 atom stereocenters. The van der Waals surface area contributed by atoms with Gasteiger partial charge < -0.3 is 20.1 Å². The Labute approximate surface area is 170 Å². The van der Waals surface area contributed by atoms with E-state index < -0.39 is 6.04 Å². The highest BCUT2D eigenvalue weighted by Crippen LogP contribution is 2.27. The fourth-order valence-electron chi connectivity index (χ4n) is 3.31. The van der Waals surface area contributed by atoms with Crippen molar-refractivity contribution >= 4 is 11.8 Å². The topological polar surface area (TPSA) is 92.8 Å². The highest BCUT2D eigenvalue weighted by atomic mass is 16.5. The first-order chi connectivity index (χ1) is 14.1. The van der Waals surface area contributed by atoms with Crippen LogP contribution in [0.25, 0.3) is 0 Å². The van der Waals surface area contributed by atoms with Gasteiger partial charge >= 0.3 is 0 Å².